The van der Waals surface area contributed by atoms with Crippen LogP contribution in [0.3, 0.4) is 0 Å². The summed E-state index contributed by atoms with van der Waals surface area (Å²) < 4.78 is 1.65. The molecule has 0 N–H and O–H groups in total. The van der Waals surface area contributed by atoms with Crippen LogP contribution < -0.4 is 5.56 Å². The van der Waals surface area contributed by atoms with Crippen LogP contribution >= 0.6 is 11.3 Å². The zero-order valence-corrected chi connectivity index (χ0v) is 18.7. The van der Waals surface area contributed by atoms with Gasteiger partial charge in [-0.05, 0) is 56.5 Å². The first-order valence-electron chi connectivity index (χ1n) is 10.4. The number of thiophene rings is 1. The molecule has 0 saturated heterocycles. The van der Waals surface area contributed by atoms with Gasteiger partial charge in [-0.2, -0.15) is 0 Å². The van der Waals surface area contributed by atoms with E-state index in [1.807, 2.05) is 80.7 Å². The Labute approximate surface area is 185 Å². The van der Waals surface area contributed by atoms with Crippen LogP contribution in [-0.4, -0.2) is 26.9 Å². The van der Waals surface area contributed by atoms with E-state index in [-0.39, 0.29) is 17.5 Å². The van der Waals surface area contributed by atoms with E-state index in [1.165, 1.54) is 0 Å². The molecule has 0 aliphatic carbocycles. The maximum Gasteiger partial charge on any atom is 0.266 e. The zero-order chi connectivity index (χ0) is 22.0. The van der Waals surface area contributed by atoms with E-state index in [0.717, 1.165) is 16.1 Å². The summed E-state index contributed by atoms with van der Waals surface area (Å²) in [6.07, 6.45) is 0.345. The lowest BCUT2D eigenvalue weighted by molar-refractivity contribution is -0.132. The van der Waals surface area contributed by atoms with Crippen molar-refractivity contribution in [2.24, 2.45) is 0 Å². The molecule has 0 radical (unpaired) electrons. The molecule has 158 valence electrons. The fourth-order valence-corrected chi connectivity index (χ4v) is 4.54. The van der Waals surface area contributed by atoms with E-state index in [4.69, 9.17) is 4.98 Å². The fraction of sp³-hybridized carbons (Fsp3) is 0.240. The van der Waals surface area contributed by atoms with Gasteiger partial charge < -0.3 is 4.90 Å². The second-order valence-electron chi connectivity index (χ2n) is 7.58. The summed E-state index contributed by atoms with van der Waals surface area (Å²) in [5.74, 6) is 0.587. The van der Waals surface area contributed by atoms with Crippen molar-refractivity contribution in [3.05, 3.63) is 92.7 Å². The Kier molecular flexibility index (Phi) is 6.00. The number of rotatable bonds is 6. The van der Waals surface area contributed by atoms with Gasteiger partial charge in [0.1, 0.15) is 5.82 Å². The number of carbonyl (C=O) groups is 1. The van der Waals surface area contributed by atoms with E-state index in [2.05, 4.69) is 0 Å². The zero-order valence-electron chi connectivity index (χ0n) is 17.9. The summed E-state index contributed by atoms with van der Waals surface area (Å²) in [5, 5.41) is 2.54. The lowest BCUT2D eigenvalue weighted by Gasteiger charge is -2.29. The van der Waals surface area contributed by atoms with Crippen molar-refractivity contribution in [2.45, 2.75) is 33.2 Å². The average Bonchev–Trinajstić information content (AvgIpc) is 3.28. The predicted molar refractivity (Wildman–Crippen MR) is 126 cm³/mol. The molecule has 0 fully saturated rings. The Morgan fingerprint density at radius 2 is 1.84 bits per heavy atom. The minimum absolute atomic E-state index is 0.0234. The molecule has 0 saturated carbocycles. The maximum absolute atomic E-state index is 13.5. The summed E-state index contributed by atoms with van der Waals surface area (Å²) in [6.45, 7) is 6.44. The Hall–Kier alpha value is -3.25. The molecular weight excluding hydrogens is 406 g/mol. The first-order valence-corrected chi connectivity index (χ1v) is 11.3. The van der Waals surface area contributed by atoms with Gasteiger partial charge in [0, 0.05) is 11.4 Å². The Morgan fingerprint density at radius 1 is 1.10 bits per heavy atom. The minimum Gasteiger partial charge on any atom is -0.333 e. The van der Waals surface area contributed by atoms with E-state index < -0.39 is 0 Å². The highest BCUT2D eigenvalue weighted by molar-refractivity contribution is 7.10. The summed E-state index contributed by atoms with van der Waals surface area (Å²) >= 11 is 1.57. The van der Waals surface area contributed by atoms with Crippen molar-refractivity contribution in [2.75, 3.05) is 6.54 Å². The molecular formula is C25H25N3O2S. The number of aryl methyl sites for hydroxylation is 1. The lowest BCUT2D eigenvalue weighted by Crippen LogP contribution is -2.38. The quantitative estimate of drug-likeness (QED) is 0.436. The molecule has 2 aromatic carbocycles. The first kappa shape index (κ1) is 21.0. The number of fused-ring (bicyclic) bond motifs is 1. The van der Waals surface area contributed by atoms with Crippen molar-refractivity contribution in [1.29, 1.82) is 0 Å². The van der Waals surface area contributed by atoms with Crippen molar-refractivity contribution >= 4 is 28.1 Å². The highest BCUT2D eigenvalue weighted by Gasteiger charge is 2.26. The Balaban J connectivity index is 1.84. The standard InChI is InChI=1S/C25H25N3O2S/c1-4-27(23(29)16-20-8-7-15-31-20)18(3)24-26-22-10-6-5-9-21(22)25(30)28(24)19-13-11-17(2)12-14-19/h5-15,18H,4,16H2,1-3H3. The highest BCUT2D eigenvalue weighted by atomic mass is 32.1. The Bertz CT molecular complexity index is 1260. The molecule has 31 heavy (non-hydrogen) atoms. The van der Waals surface area contributed by atoms with Crippen LogP contribution in [0.25, 0.3) is 16.6 Å². The molecule has 0 aliphatic heterocycles. The average molecular weight is 432 g/mol. The summed E-state index contributed by atoms with van der Waals surface area (Å²) in [6, 6.07) is 18.7. The predicted octanol–water partition coefficient (Wildman–Crippen LogP) is 4.91. The van der Waals surface area contributed by atoms with Crippen LogP contribution in [0, 0.1) is 6.92 Å². The van der Waals surface area contributed by atoms with Gasteiger partial charge in [0.2, 0.25) is 5.91 Å². The van der Waals surface area contributed by atoms with Crippen LogP contribution in [0.15, 0.2) is 70.8 Å². The van der Waals surface area contributed by atoms with Gasteiger partial charge in [-0.1, -0.05) is 35.9 Å². The van der Waals surface area contributed by atoms with Gasteiger partial charge in [0.15, 0.2) is 0 Å². The molecule has 1 unspecified atom stereocenters. The van der Waals surface area contributed by atoms with Crippen LogP contribution in [0.1, 0.15) is 36.2 Å². The van der Waals surface area contributed by atoms with Crippen LogP contribution in [-0.2, 0) is 11.2 Å². The lowest BCUT2D eigenvalue weighted by atomic mass is 10.1. The molecule has 4 rings (SSSR count). The number of para-hydroxylation sites is 1. The number of benzene rings is 2. The van der Waals surface area contributed by atoms with E-state index in [9.17, 15) is 9.59 Å². The van der Waals surface area contributed by atoms with Gasteiger partial charge >= 0.3 is 0 Å². The molecule has 6 heteroatoms. The van der Waals surface area contributed by atoms with Crippen molar-refractivity contribution in [1.82, 2.24) is 14.5 Å². The summed E-state index contributed by atoms with van der Waals surface area (Å²) in [4.78, 5) is 34.3. The molecule has 1 atom stereocenters. The molecule has 5 nitrogen and oxygen atoms in total. The third-order valence-electron chi connectivity index (χ3n) is 5.50. The normalized spacial score (nSPS) is 12.1. The van der Waals surface area contributed by atoms with Gasteiger partial charge in [-0.3, -0.25) is 14.2 Å². The third kappa shape index (κ3) is 4.16. The number of likely N-dealkylation sites (N-methyl/N-ethyl adjacent to an activating group) is 1. The molecule has 0 bridgehead atoms. The van der Waals surface area contributed by atoms with E-state index in [1.54, 1.807) is 26.9 Å². The van der Waals surface area contributed by atoms with Gasteiger partial charge in [0.05, 0.1) is 29.1 Å². The van der Waals surface area contributed by atoms with Crippen molar-refractivity contribution in [3.8, 4) is 5.69 Å². The van der Waals surface area contributed by atoms with E-state index in [0.29, 0.717) is 29.7 Å². The second kappa shape index (κ2) is 8.86. The van der Waals surface area contributed by atoms with Crippen molar-refractivity contribution in [3.63, 3.8) is 0 Å². The summed E-state index contributed by atoms with van der Waals surface area (Å²) in [5.41, 5.74) is 2.37. The molecule has 4 aromatic rings. The fourth-order valence-electron chi connectivity index (χ4n) is 3.84. The number of hydrogen-bond donors (Lipinski definition) is 0. The van der Waals surface area contributed by atoms with Crippen molar-refractivity contribution < 1.29 is 4.79 Å². The third-order valence-corrected chi connectivity index (χ3v) is 6.38. The van der Waals surface area contributed by atoms with Crippen LogP contribution in [0.4, 0.5) is 0 Å². The maximum atomic E-state index is 13.5. The first-order chi connectivity index (χ1) is 15.0. The van der Waals surface area contributed by atoms with Crippen LogP contribution in [0.5, 0.6) is 0 Å². The molecule has 0 spiro atoms. The number of aromatic nitrogens is 2. The second-order valence-corrected chi connectivity index (χ2v) is 8.61. The molecule has 2 heterocycles. The SMILES string of the molecule is CCN(C(=O)Cc1cccs1)C(C)c1nc2ccccc2c(=O)n1-c1ccc(C)cc1. The monoisotopic (exact) mass is 431 g/mol. The van der Waals surface area contributed by atoms with E-state index >= 15 is 0 Å². The van der Waals surface area contributed by atoms with Crippen LogP contribution in [0.2, 0.25) is 0 Å². The number of carbonyl (C=O) groups excluding carboxylic acids is 1. The smallest absolute Gasteiger partial charge is 0.266 e. The minimum atomic E-state index is -0.365. The number of hydrogen-bond acceptors (Lipinski definition) is 4. The molecule has 1 amide bonds. The van der Waals surface area contributed by atoms with Gasteiger partial charge in [0.25, 0.3) is 5.56 Å². The summed E-state index contributed by atoms with van der Waals surface area (Å²) in [7, 11) is 0. The topological polar surface area (TPSA) is 55.2 Å². The number of nitrogens with zero attached hydrogens (tertiary/aromatic N) is 3. The molecule has 2 aromatic heterocycles. The largest absolute Gasteiger partial charge is 0.333 e. The van der Waals surface area contributed by atoms with Gasteiger partial charge in [-0.15, -0.1) is 11.3 Å². The highest BCUT2D eigenvalue weighted by Crippen LogP contribution is 2.24. The Morgan fingerprint density at radius 3 is 2.52 bits per heavy atom. The van der Waals surface area contributed by atoms with Gasteiger partial charge in [-0.25, -0.2) is 4.98 Å². The molecule has 0 aliphatic rings. The number of amides is 1.